The van der Waals surface area contributed by atoms with Gasteiger partial charge in [-0.3, -0.25) is 10.1 Å². The van der Waals surface area contributed by atoms with Crippen LogP contribution in [0.25, 0.3) is 0 Å². The molecule has 0 spiro atoms. The van der Waals surface area contributed by atoms with E-state index in [9.17, 15) is 10.1 Å². The number of ether oxygens (including phenoxy) is 1. The van der Waals surface area contributed by atoms with Crippen LogP contribution in [0.4, 0.5) is 23.0 Å². The van der Waals surface area contributed by atoms with Gasteiger partial charge in [-0.05, 0) is 31.0 Å². The first-order chi connectivity index (χ1) is 12.0. The first-order valence-corrected chi connectivity index (χ1v) is 8.10. The van der Waals surface area contributed by atoms with E-state index in [1.54, 1.807) is 25.1 Å². The van der Waals surface area contributed by atoms with Crippen molar-refractivity contribution in [3.8, 4) is 5.75 Å². The van der Waals surface area contributed by atoms with Crippen molar-refractivity contribution in [3.05, 3.63) is 40.2 Å². The average Bonchev–Trinajstić information content (AvgIpc) is 2.59. The zero-order valence-corrected chi connectivity index (χ0v) is 14.9. The number of nitrogens with one attached hydrogen (secondary N) is 1. The van der Waals surface area contributed by atoms with Crippen LogP contribution < -0.4 is 15.0 Å². The van der Waals surface area contributed by atoms with Crippen molar-refractivity contribution in [1.82, 2.24) is 9.97 Å². The lowest BCUT2D eigenvalue weighted by Crippen LogP contribution is -2.21. The number of rotatable bonds is 8. The minimum absolute atomic E-state index is 0.141. The van der Waals surface area contributed by atoms with Gasteiger partial charge in [-0.2, -0.15) is 0 Å². The molecular weight excluding hydrogens is 322 g/mol. The van der Waals surface area contributed by atoms with Crippen LogP contribution in [0.2, 0.25) is 0 Å². The molecule has 2 rings (SSSR count). The summed E-state index contributed by atoms with van der Waals surface area (Å²) in [4.78, 5) is 21.2. The van der Waals surface area contributed by atoms with Gasteiger partial charge >= 0.3 is 5.69 Å². The van der Waals surface area contributed by atoms with Gasteiger partial charge < -0.3 is 15.0 Å². The number of nitro groups is 1. The van der Waals surface area contributed by atoms with Crippen LogP contribution in [0.3, 0.4) is 0 Å². The van der Waals surface area contributed by atoms with E-state index in [1.807, 2.05) is 19.1 Å². The molecule has 0 aliphatic heterocycles. The molecule has 134 valence electrons. The normalized spacial score (nSPS) is 10.4. The molecule has 0 aliphatic carbocycles. The molecule has 0 atom stereocenters. The second kappa shape index (κ2) is 8.27. The smallest absolute Gasteiger partial charge is 0.353 e. The summed E-state index contributed by atoms with van der Waals surface area (Å²) in [5, 5.41) is 14.7. The van der Waals surface area contributed by atoms with Crippen molar-refractivity contribution < 1.29 is 9.66 Å². The molecule has 1 aromatic carbocycles. The SMILES string of the molecule is CCCCN(C)c1ncnc(Nc2cc(C)ccc2OC)c1[N+](=O)[O-]. The molecular formula is C17H23N5O3. The predicted octanol–water partition coefficient (Wildman–Crippen LogP) is 3.68. The molecule has 0 unspecified atom stereocenters. The van der Waals surface area contributed by atoms with Gasteiger partial charge in [0, 0.05) is 13.6 Å². The summed E-state index contributed by atoms with van der Waals surface area (Å²) in [5.74, 6) is 1.02. The van der Waals surface area contributed by atoms with E-state index in [-0.39, 0.29) is 11.5 Å². The minimum atomic E-state index is -0.456. The summed E-state index contributed by atoms with van der Waals surface area (Å²) in [7, 11) is 3.34. The van der Waals surface area contributed by atoms with E-state index in [2.05, 4.69) is 22.2 Å². The molecule has 1 aromatic heterocycles. The molecule has 0 amide bonds. The second-order valence-electron chi connectivity index (χ2n) is 5.76. The number of unbranched alkanes of at least 4 members (excludes halogenated alkanes) is 1. The lowest BCUT2D eigenvalue weighted by molar-refractivity contribution is -0.383. The summed E-state index contributed by atoms with van der Waals surface area (Å²) in [5.41, 5.74) is 1.47. The van der Waals surface area contributed by atoms with Crippen molar-refractivity contribution in [2.45, 2.75) is 26.7 Å². The average molecular weight is 345 g/mol. The molecule has 0 radical (unpaired) electrons. The zero-order chi connectivity index (χ0) is 18.4. The Hall–Kier alpha value is -2.90. The largest absolute Gasteiger partial charge is 0.495 e. The fraction of sp³-hybridized carbons (Fsp3) is 0.412. The topological polar surface area (TPSA) is 93.4 Å². The Morgan fingerprint density at radius 2 is 2.12 bits per heavy atom. The molecule has 2 aromatic rings. The monoisotopic (exact) mass is 345 g/mol. The van der Waals surface area contributed by atoms with Crippen LogP contribution in [-0.2, 0) is 0 Å². The Morgan fingerprint density at radius 1 is 1.36 bits per heavy atom. The lowest BCUT2D eigenvalue weighted by atomic mass is 10.2. The number of nitrogens with zero attached hydrogens (tertiary/aromatic N) is 4. The fourth-order valence-corrected chi connectivity index (χ4v) is 2.46. The summed E-state index contributed by atoms with van der Waals surface area (Å²) in [6, 6.07) is 5.56. The molecule has 0 bridgehead atoms. The van der Waals surface area contributed by atoms with E-state index in [0.29, 0.717) is 23.8 Å². The Kier molecular flexibility index (Phi) is 6.10. The van der Waals surface area contributed by atoms with Gasteiger partial charge in [-0.25, -0.2) is 9.97 Å². The van der Waals surface area contributed by atoms with Gasteiger partial charge in [0.05, 0.1) is 17.7 Å². The number of hydrogen-bond donors (Lipinski definition) is 1. The van der Waals surface area contributed by atoms with Gasteiger partial charge in [0.15, 0.2) is 0 Å². The fourth-order valence-electron chi connectivity index (χ4n) is 2.46. The molecule has 8 heteroatoms. The van der Waals surface area contributed by atoms with Gasteiger partial charge in [0.2, 0.25) is 11.6 Å². The number of aryl methyl sites for hydroxylation is 1. The van der Waals surface area contributed by atoms with Crippen molar-refractivity contribution in [3.63, 3.8) is 0 Å². The summed E-state index contributed by atoms with van der Waals surface area (Å²) in [6.45, 7) is 4.68. The minimum Gasteiger partial charge on any atom is -0.495 e. The number of benzene rings is 1. The highest BCUT2D eigenvalue weighted by molar-refractivity contribution is 5.76. The third-order valence-corrected chi connectivity index (χ3v) is 3.80. The number of methoxy groups -OCH3 is 1. The van der Waals surface area contributed by atoms with Crippen molar-refractivity contribution >= 4 is 23.0 Å². The molecule has 0 fully saturated rings. The molecule has 25 heavy (non-hydrogen) atoms. The Balaban J connectivity index is 2.45. The van der Waals surface area contributed by atoms with Crippen LogP contribution in [0, 0.1) is 17.0 Å². The maximum absolute atomic E-state index is 11.7. The highest BCUT2D eigenvalue weighted by Gasteiger charge is 2.26. The van der Waals surface area contributed by atoms with Crippen molar-refractivity contribution in [1.29, 1.82) is 0 Å². The second-order valence-corrected chi connectivity index (χ2v) is 5.76. The van der Waals surface area contributed by atoms with Crippen LogP contribution in [0.5, 0.6) is 5.75 Å². The maximum Gasteiger partial charge on any atom is 0.353 e. The highest BCUT2D eigenvalue weighted by atomic mass is 16.6. The summed E-state index contributed by atoms with van der Waals surface area (Å²) < 4.78 is 5.32. The first-order valence-electron chi connectivity index (χ1n) is 8.10. The van der Waals surface area contributed by atoms with Crippen LogP contribution in [0.1, 0.15) is 25.3 Å². The van der Waals surface area contributed by atoms with E-state index >= 15 is 0 Å². The van der Waals surface area contributed by atoms with Crippen molar-refractivity contribution in [2.75, 3.05) is 30.9 Å². The van der Waals surface area contributed by atoms with E-state index in [1.165, 1.54) is 6.33 Å². The quantitative estimate of drug-likeness (QED) is 0.576. The van der Waals surface area contributed by atoms with Crippen LogP contribution in [-0.4, -0.2) is 35.6 Å². The van der Waals surface area contributed by atoms with Gasteiger partial charge in [-0.15, -0.1) is 0 Å². The molecule has 1 heterocycles. The van der Waals surface area contributed by atoms with Crippen LogP contribution in [0.15, 0.2) is 24.5 Å². The van der Waals surface area contributed by atoms with Gasteiger partial charge in [0.1, 0.15) is 12.1 Å². The number of hydrogen-bond acceptors (Lipinski definition) is 7. The molecule has 8 nitrogen and oxygen atoms in total. The standard InChI is InChI=1S/C17H23N5O3/c1-5-6-9-21(3)17-15(22(23)24)16(18-11-19-17)20-13-10-12(2)7-8-14(13)25-4/h7-8,10-11H,5-6,9H2,1-4H3,(H,18,19,20). The lowest BCUT2D eigenvalue weighted by Gasteiger charge is -2.18. The molecule has 0 aliphatic rings. The predicted molar refractivity (Wildman–Crippen MR) is 97.9 cm³/mol. The Labute approximate surface area is 147 Å². The Morgan fingerprint density at radius 3 is 2.76 bits per heavy atom. The summed E-state index contributed by atoms with van der Waals surface area (Å²) >= 11 is 0. The third-order valence-electron chi connectivity index (χ3n) is 3.80. The molecule has 0 saturated heterocycles. The first kappa shape index (κ1) is 18.4. The Bertz CT molecular complexity index is 751. The molecule has 0 saturated carbocycles. The van der Waals surface area contributed by atoms with E-state index in [4.69, 9.17) is 4.74 Å². The number of aromatic nitrogens is 2. The van der Waals surface area contributed by atoms with E-state index < -0.39 is 4.92 Å². The maximum atomic E-state index is 11.7. The third kappa shape index (κ3) is 4.34. The van der Waals surface area contributed by atoms with E-state index in [0.717, 1.165) is 18.4 Å². The van der Waals surface area contributed by atoms with Crippen LogP contribution >= 0.6 is 0 Å². The highest BCUT2D eigenvalue weighted by Crippen LogP contribution is 2.35. The molecule has 1 N–H and O–H groups in total. The number of anilines is 3. The zero-order valence-electron chi connectivity index (χ0n) is 14.9. The van der Waals surface area contributed by atoms with Crippen molar-refractivity contribution in [2.24, 2.45) is 0 Å². The van der Waals surface area contributed by atoms with Gasteiger partial charge in [-0.1, -0.05) is 19.4 Å². The summed E-state index contributed by atoms with van der Waals surface area (Å²) in [6.07, 6.45) is 3.25. The van der Waals surface area contributed by atoms with Gasteiger partial charge in [0.25, 0.3) is 0 Å².